The zero-order valence-electron chi connectivity index (χ0n) is 12.9. The Bertz CT molecular complexity index is 494. The number of para-hydroxylation sites is 1. The van der Waals surface area contributed by atoms with Crippen LogP contribution in [0.3, 0.4) is 0 Å². The predicted molar refractivity (Wildman–Crippen MR) is 80.9 cm³/mol. The first kappa shape index (κ1) is 20.8. The van der Waals surface area contributed by atoms with E-state index in [-0.39, 0.29) is 24.7 Å². The van der Waals surface area contributed by atoms with Crippen LogP contribution in [0, 0.1) is 0 Å². The summed E-state index contributed by atoms with van der Waals surface area (Å²) >= 11 is 0. The largest absolute Gasteiger partial charge is 0.491 e. The van der Waals surface area contributed by atoms with Crippen molar-refractivity contribution in [3.8, 4) is 5.75 Å². The van der Waals surface area contributed by atoms with Gasteiger partial charge in [0, 0.05) is 28.7 Å². The lowest BCUT2D eigenvalue weighted by atomic mass is 10.2. The van der Waals surface area contributed by atoms with Crippen molar-refractivity contribution in [2.45, 2.75) is 24.9 Å². The Kier molecular flexibility index (Phi) is 8.61. The molecule has 24 heavy (non-hydrogen) atoms. The number of benzene rings is 1. The quantitative estimate of drug-likeness (QED) is 0.437. The lowest BCUT2D eigenvalue weighted by Crippen LogP contribution is -2.36. The molecule has 0 N–H and O–H groups in total. The summed E-state index contributed by atoms with van der Waals surface area (Å²) < 4.78 is 83.2. The average molecular weight is 374 g/mol. The summed E-state index contributed by atoms with van der Waals surface area (Å²) in [5.41, 5.74) is 0. The molecule has 0 heterocycles. The summed E-state index contributed by atoms with van der Waals surface area (Å²) in [4.78, 5) is 0. The van der Waals surface area contributed by atoms with Crippen LogP contribution in [0.1, 0.15) is 12.8 Å². The van der Waals surface area contributed by atoms with Crippen molar-refractivity contribution in [2.75, 3.05) is 31.3 Å². The van der Waals surface area contributed by atoms with Crippen molar-refractivity contribution >= 4 is 10.8 Å². The van der Waals surface area contributed by atoms with Crippen LogP contribution in [0.2, 0.25) is 0 Å². The van der Waals surface area contributed by atoms with Crippen molar-refractivity contribution in [3.05, 3.63) is 30.3 Å². The molecule has 0 bridgehead atoms. The van der Waals surface area contributed by atoms with Gasteiger partial charge >= 0.3 is 12.1 Å². The van der Waals surface area contributed by atoms with E-state index in [1.165, 1.54) is 0 Å². The Labute approximate surface area is 139 Å². The van der Waals surface area contributed by atoms with Crippen molar-refractivity contribution in [2.24, 2.45) is 0 Å². The molecule has 0 aliphatic heterocycles. The Morgan fingerprint density at radius 2 is 1.58 bits per heavy atom. The van der Waals surface area contributed by atoms with Crippen LogP contribution in [-0.4, -0.2) is 47.6 Å². The van der Waals surface area contributed by atoms with E-state index in [4.69, 9.17) is 9.47 Å². The van der Waals surface area contributed by atoms with Crippen LogP contribution in [-0.2, 0) is 15.5 Å². The fraction of sp³-hybridized carbons (Fsp3) is 0.600. The molecule has 0 aliphatic rings. The fourth-order valence-corrected chi connectivity index (χ4v) is 2.66. The van der Waals surface area contributed by atoms with Gasteiger partial charge in [0.2, 0.25) is 0 Å². The van der Waals surface area contributed by atoms with E-state index in [0.717, 1.165) is 0 Å². The molecule has 0 saturated carbocycles. The normalized spacial score (nSPS) is 13.7. The van der Waals surface area contributed by atoms with E-state index in [1.807, 2.05) is 18.2 Å². The van der Waals surface area contributed by atoms with Crippen molar-refractivity contribution in [3.63, 3.8) is 0 Å². The minimum atomic E-state index is -5.56. The van der Waals surface area contributed by atoms with Gasteiger partial charge in [0.15, 0.2) is 0 Å². The molecule has 138 valence electrons. The summed E-state index contributed by atoms with van der Waals surface area (Å²) in [7, 11) is -1.49. The number of ether oxygens (including phenoxy) is 2. The number of alkyl halides is 5. The molecule has 0 radical (unpaired) electrons. The zero-order chi connectivity index (χ0) is 18.1. The number of hydrogen-bond donors (Lipinski definition) is 0. The number of halogens is 5. The van der Waals surface area contributed by atoms with E-state index in [2.05, 4.69) is 0 Å². The Morgan fingerprint density at radius 3 is 2.21 bits per heavy atom. The average Bonchev–Trinajstić information content (AvgIpc) is 2.50. The minimum absolute atomic E-state index is 0.0862. The maximum Gasteiger partial charge on any atom is 0.453 e. The number of hydrogen-bond acceptors (Lipinski definition) is 3. The van der Waals surface area contributed by atoms with Gasteiger partial charge in [-0.1, -0.05) is 18.2 Å². The first-order valence-electron chi connectivity index (χ1n) is 7.27. The van der Waals surface area contributed by atoms with Crippen LogP contribution >= 0.6 is 0 Å². The highest BCUT2D eigenvalue weighted by Crippen LogP contribution is 2.38. The molecule has 0 spiro atoms. The van der Waals surface area contributed by atoms with Gasteiger partial charge in [-0.3, -0.25) is 4.21 Å². The van der Waals surface area contributed by atoms with E-state index in [1.54, 1.807) is 12.1 Å². The summed E-state index contributed by atoms with van der Waals surface area (Å²) in [6.45, 7) is 0.688. The minimum Gasteiger partial charge on any atom is -0.491 e. The van der Waals surface area contributed by atoms with Gasteiger partial charge < -0.3 is 9.47 Å². The molecule has 1 aromatic rings. The summed E-state index contributed by atoms with van der Waals surface area (Å²) in [5.74, 6) is -4.17. The van der Waals surface area contributed by atoms with Crippen molar-refractivity contribution in [1.82, 2.24) is 0 Å². The molecule has 1 unspecified atom stereocenters. The maximum absolute atomic E-state index is 12.6. The van der Waals surface area contributed by atoms with Gasteiger partial charge in [-0.15, -0.1) is 0 Å². The molecule has 0 aromatic heterocycles. The lowest BCUT2D eigenvalue weighted by molar-refractivity contribution is -0.284. The van der Waals surface area contributed by atoms with Gasteiger partial charge in [0.05, 0.1) is 13.2 Å². The Balaban J connectivity index is 2.04. The van der Waals surface area contributed by atoms with Gasteiger partial charge in [-0.2, -0.15) is 22.0 Å². The molecule has 0 amide bonds. The molecule has 0 saturated heterocycles. The highest BCUT2D eigenvalue weighted by molar-refractivity contribution is 7.84. The monoisotopic (exact) mass is 374 g/mol. The van der Waals surface area contributed by atoms with E-state index in [0.29, 0.717) is 12.4 Å². The first-order chi connectivity index (χ1) is 11.2. The molecule has 0 aliphatic carbocycles. The lowest BCUT2D eigenvalue weighted by Gasteiger charge is -2.19. The third kappa shape index (κ3) is 8.05. The van der Waals surface area contributed by atoms with Crippen LogP contribution in [0.25, 0.3) is 0 Å². The third-order valence-electron chi connectivity index (χ3n) is 2.97. The second-order valence-corrected chi connectivity index (χ2v) is 6.62. The molecule has 1 atom stereocenters. The topological polar surface area (TPSA) is 35.5 Å². The van der Waals surface area contributed by atoms with Gasteiger partial charge in [0.25, 0.3) is 0 Å². The van der Waals surface area contributed by atoms with Gasteiger partial charge in [-0.05, 0) is 18.6 Å². The second kappa shape index (κ2) is 9.93. The van der Waals surface area contributed by atoms with Crippen molar-refractivity contribution in [1.29, 1.82) is 0 Å². The standard InChI is InChI=1S/C15H19F5O3S/c16-14(17,15(18,19)20)7-4-11-24(21)12-10-22-8-9-23-13-5-2-1-3-6-13/h1-3,5-6H,4,7-12H2. The SMILES string of the molecule is O=S(CCCC(F)(F)C(F)(F)F)CCOCCOc1ccccc1. The molecule has 1 aromatic carbocycles. The molecular formula is C15H19F5O3S. The van der Waals surface area contributed by atoms with Crippen LogP contribution in [0.15, 0.2) is 30.3 Å². The molecule has 3 nitrogen and oxygen atoms in total. The summed E-state index contributed by atoms with van der Waals surface area (Å²) in [5, 5.41) is 0. The number of rotatable bonds is 11. The predicted octanol–water partition coefficient (Wildman–Crippen LogP) is 3.81. The maximum atomic E-state index is 12.6. The second-order valence-electron chi connectivity index (χ2n) is 4.93. The van der Waals surface area contributed by atoms with Crippen molar-refractivity contribution < 1.29 is 35.6 Å². The first-order valence-corrected chi connectivity index (χ1v) is 8.76. The Morgan fingerprint density at radius 1 is 0.917 bits per heavy atom. The highest BCUT2D eigenvalue weighted by atomic mass is 32.2. The van der Waals surface area contributed by atoms with E-state index >= 15 is 0 Å². The van der Waals surface area contributed by atoms with Gasteiger partial charge in [-0.25, -0.2) is 0 Å². The van der Waals surface area contributed by atoms with Crippen LogP contribution < -0.4 is 4.74 Å². The summed E-state index contributed by atoms with van der Waals surface area (Å²) in [6, 6.07) is 9.06. The smallest absolute Gasteiger partial charge is 0.453 e. The summed E-state index contributed by atoms with van der Waals surface area (Å²) in [6.07, 6.45) is -7.37. The highest BCUT2D eigenvalue weighted by Gasteiger charge is 2.56. The molecular weight excluding hydrogens is 355 g/mol. The van der Waals surface area contributed by atoms with Crippen LogP contribution in [0.5, 0.6) is 5.75 Å². The third-order valence-corrected chi connectivity index (χ3v) is 4.34. The van der Waals surface area contributed by atoms with E-state index < -0.39 is 35.7 Å². The van der Waals surface area contributed by atoms with Crippen LogP contribution in [0.4, 0.5) is 22.0 Å². The van der Waals surface area contributed by atoms with E-state index in [9.17, 15) is 26.2 Å². The zero-order valence-corrected chi connectivity index (χ0v) is 13.7. The Hall–Kier alpha value is -1.22. The molecule has 9 heteroatoms. The molecule has 0 fully saturated rings. The fourth-order valence-electron chi connectivity index (χ4n) is 1.69. The van der Waals surface area contributed by atoms with Gasteiger partial charge in [0.1, 0.15) is 12.4 Å². The molecule has 1 rings (SSSR count).